The quantitative estimate of drug-likeness (QED) is 0.164. The number of aryl methyl sites for hydroxylation is 5. The number of nitrogen functional groups attached to an aromatic ring is 1. The summed E-state index contributed by atoms with van der Waals surface area (Å²) in [5.41, 5.74) is 5.80. The van der Waals surface area contributed by atoms with Gasteiger partial charge in [0.15, 0.2) is 0 Å². The molecule has 5 aromatic rings. The Morgan fingerprint density at radius 2 is 1.04 bits per heavy atom. The second-order valence-corrected chi connectivity index (χ2v) is 14.9. The first-order chi connectivity index (χ1) is 25.4. The van der Waals surface area contributed by atoms with Gasteiger partial charge in [0.2, 0.25) is 5.95 Å². The molecule has 2 N–H and O–H groups in total. The highest BCUT2D eigenvalue weighted by atomic mass is 19.1. The molecular weight excluding hydrogens is 689 g/mol. The number of nitrogens with two attached hydrogens (primary N) is 1. The van der Waals surface area contributed by atoms with Crippen LogP contribution < -0.4 is 5.73 Å². The number of hydrogen-bond donors (Lipinski definition) is 1. The van der Waals surface area contributed by atoms with Crippen LogP contribution in [0.4, 0.5) is 14.7 Å². The van der Waals surface area contributed by atoms with Gasteiger partial charge in [0.05, 0.1) is 11.7 Å². The molecule has 0 atom stereocenters. The molecule has 15 heteroatoms. The van der Waals surface area contributed by atoms with Gasteiger partial charge in [0, 0.05) is 42.8 Å². The lowest BCUT2D eigenvalue weighted by atomic mass is 9.95. The van der Waals surface area contributed by atoms with E-state index in [9.17, 15) is 8.78 Å². The molecule has 4 aromatic heterocycles. The third kappa shape index (κ3) is 12.2. The molecule has 54 heavy (non-hydrogen) atoms. The third-order valence-electron chi connectivity index (χ3n) is 8.70. The van der Waals surface area contributed by atoms with Crippen molar-refractivity contribution in [3.05, 3.63) is 70.6 Å². The third-order valence-corrected chi connectivity index (χ3v) is 8.70. The van der Waals surface area contributed by atoms with E-state index >= 15 is 0 Å². The fraction of sp³-hybridized carbons (Fsp3) is 0.641. The van der Waals surface area contributed by atoms with Gasteiger partial charge in [-0.2, -0.15) is 20.3 Å². The zero-order chi connectivity index (χ0) is 40.3. The van der Waals surface area contributed by atoms with Crippen molar-refractivity contribution in [1.29, 1.82) is 0 Å². The summed E-state index contributed by atoms with van der Waals surface area (Å²) in [5.74, 6) is 6.87. The summed E-state index contributed by atoms with van der Waals surface area (Å²) in [6.45, 7) is 28.3. The molecule has 1 aliphatic rings. The fourth-order valence-electron chi connectivity index (χ4n) is 6.25. The van der Waals surface area contributed by atoms with Crippen LogP contribution in [0, 0.1) is 32.4 Å². The molecule has 1 aliphatic carbocycles. The van der Waals surface area contributed by atoms with Crippen LogP contribution in [-0.2, 0) is 13.1 Å². The molecule has 298 valence electrons. The van der Waals surface area contributed by atoms with Crippen molar-refractivity contribution in [3.63, 3.8) is 0 Å². The minimum atomic E-state index is -0.622. The van der Waals surface area contributed by atoms with Crippen LogP contribution in [0.1, 0.15) is 172 Å². The molecule has 0 radical (unpaired) electrons. The number of halogens is 2. The van der Waals surface area contributed by atoms with Crippen molar-refractivity contribution in [2.75, 3.05) is 5.73 Å². The van der Waals surface area contributed by atoms with Gasteiger partial charge in [-0.25, -0.2) is 42.5 Å². The Balaban J connectivity index is 0.000000197. The SMILES string of the molecule is CCn1nc(C)nc1C(C)C.CCn1nc(N)nc1C(C)C.Cc1nc(C(C)C)n(-c2cc(F)cc(F)c2)n1.Cc1nc(C(C)C)n(C2CCCCC2)n1. The number of hydrogen-bond acceptors (Lipinski definition) is 9. The van der Waals surface area contributed by atoms with Crippen LogP contribution >= 0.6 is 0 Å². The summed E-state index contributed by atoms with van der Waals surface area (Å²) in [6.07, 6.45) is 6.65. The van der Waals surface area contributed by atoms with Gasteiger partial charge in [-0.3, -0.25) is 0 Å². The Bertz CT molecular complexity index is 1800. The van der Waals surface area contributed by atoms with Gasteiger partial charge >= 0.3 is 0 Å². The lowest BCUT2D eigenvalue weighted by molar-refractivity contribution is 0.317. The standard InChI is InChI=1S/C12H13F2N3.C12H21N3.C8H15N3.C7H14N4/c1-7(2)12-15-8(3)16-17(12)11-5-9(13)4-10(14)6-11;1-9(2)12-13-10(3)14-15(12)11-7-5-4-6-8-11;1-5-11-8(6(2)3)9-7(4)10-11;1-4-11-6(5(2)3)9-7(8)10-11/h4-7H,1-3H3;9,11H,4-8H2,1-3H3;6H,5H2,1-4H3;5H,4H2,1-3H3,(H2,8,10). The van der Waals surface area contributed by atoms with E-state index < -0.39 is 11.6 Å². The largest absolute Gasteiger partial charge is 0.366 e. The van der Waals surface area contributed by atoms with Crippen LogP contribution in [-0.4, -0.2) is 59.1 Å². The number of rotatable bonds is 8. The summed E-state index contributed by atoms with van der Waals surface area (Å²) >= 11 is 0. The van der Waals surface area contributed by atoms with E-state index in [2.05, 4.69) is 93.5 Å². The maximum atomic E-state index is 13.2. The Hall–Kier alpha value is -4.56. The highest BCUT2D eigenvalue weighted by molar-refractivity contribution is 5.33. The normalized spacial score (nSPS) is 13.2. The predicted molar refractivity (Wildman–Crippen MR) is 210 cm³/mol. The van der Waals surface area contributed by atoms with E-state index in [1.165, 1.54) is 54.7 Å². The first kappa shape index (κ1) is 43.8. The molecule has 4 heterocycles. The van der Waals surface area contributed by atoms with E-state index in [1.807, 2.05) is 44.0 Å². The molecule has 0 amide bonds. The van der Waals surface area contributed by atoms with Crippen molar-refractivity contribution in [2.45, 2.75) is 165 Å². The maximum absolute atomic E-state index is 13.2. The summed E-state index contributed by atoms with van der Waals surface area (Å²) in [7, 11) is 0. The second kappa shape index (κ2) is 20.2. The number of nitrogens with zero attached hydrogens (tertiary/aromatic N) is 12. The molecule has 0 bridgehead atoms. The maximum Gasteiger partial charge on any atom is 0.239 e. The molecule has 1 fully saturated rings. The predicted octanol–water partition coefficient (Wildman–Crippen LogP) is 8.93. The summed E-state index contributed by atoms with van der Waals surface area (Å²) in [4.78, 5) is 17.2. The van der Waals surface area contributed by atoms with Crippen molar-refractivity contribution in [1.82, 2.24) is 59.1 Å². The molecule has 13 nitrogen and oxygen atoms in total. The van der Waals surface area contributed by atoms with Crippen LogP contribution in [0.2, 0.25) is 0 Å². The average Bonchev–Trinajstić information content (AvgIpc) is 3.90. The highest BCUT2D eigenvalue weighted by Crippen LogP contribution is 2.30. The molecule has 0 spiro atoms. The first-order valence-corrected chi connectivity index (χ1v) is 19.4. The summed E-state index contributed by atoms with van der Waals surface area (Å²) in [5, 5.41) is 17.0. The highest BCUT2D eigenvalue weighted by Gasteiger charge is 2.21. The molecule has 1 aromatic carbocycles. The summed E-state index contributed by atoms with van der Waals surface area (Å²) in [6, 6.07) is 3.92. The Morgan fingerprint density at radius 1 is 0.593 bits per heavy atom. The Kier molecular flexibility index (Phi) is 16.4. The lowest BCUT2D eigenvalue weighted by Crippen LogP contribution is -2.17. The first-order valence-electron chi connectivity index (χ1n) is 19.4. The van der Waals surface area contributed by atoms with Crippen molar-refractivity contribution < 1.29 is 8.78 Å². The van der Waals surface area contributed by atoms with Gasteiger partial charge in [-0.1, -0.05) is 74.7 Å². The Labute approximate surface area is 320 Å². The lowest BCUT2D eigenvalue weighted by Gasteiger charge is -2.23. The molecule has 0 unspecified atom stereocenters. The van der Waals surface area contributed by atoms with Gasteiger partial charge in [0.25, 0.3) is 0 Å². The topological polar surface area (TPSA) is 149 Å². The number of anilines is 1. The van der Waals surface area contributed by atoms with Crippen LogP contribution in [0.25, 0.3) is 5.69 Å². The van der Waals surface area contributed by atoms with Crippen molar-refractivity contribution in [3.8, 4) is 5.69 Å². The van der Waals surface area contributed by atoms with Gasteiger partial charge in [-0.15, -0.1) is 5.10 Å². The smallest absolute Gasteiger partial charge is 0.239 e. The summed E-state index contributed by atoms with van der Waals surface area (Å²) < 4.78 is 33.8. The molecule has 1 saturated carbocycles. The van der Waals surface area contributed by atoms with Gasteiger partial charge in [0.1, 0.15) is 52.4 Å². The minimum Gasteiger partial charge on any atom is -0.366 e. The van der Waals surface area contributed by atoms with Crippen molar-refractivity contribution >= 4 is 5.95 Å². The number of benzene rings is 1. The van der Waals surface area contributed by atoms with E-state index in [4.69, 9.17) is 5.73 Å². The Morgan fingerprint density at radius 3 is 1.52 bits per heavy atom. The minimum absolute atomic E-state index is 0.127. The van der Waals surface area contributed by atoms with Crippen LogP contribution in [0.3, 0.4) is 0 Å². The zero-order valence-corrected chi connectivity index (χ0v) is 34.8. The average molecular weight is 752 g/mol. The van der Waals surface area contributed by atoms with Crippen molar-refractivity contribution in [2.24, 2.45) is 0 Å². The van der Waals surface area contributed by atoms with Gasteiger partial charge in [-0.05, 0) is 59.6 Å². The molecule has 0 aliphatic heterocycles. The fourth-order valence-corrected chi connectivity index (χ4v) is 6.25. The van der Waals surface area contributed by atoms with Crippen LogP contribution in [0.15, 0.2) is 18.2 Å². The molecular formula is C39H63F2N13. The van der Waals surface area contributed by atoms with Gasteiger partial charge < -0.3 is 5.73 Å². The monoisotopic (exact) mass is 752 g/mol. The van der Waals surface area contributed by atoms with E-state index in [1.54, 1.807) is 6.92 Å². The second-order valence-electron chi connectivity index (χ2n) is 14.9. The van der Waals surface area contributed by atoms with E-state index in [0.29, 0.717) is 47.1 Å². The zero-order valence-electron chi connectivity index (χ0n) is 34.8. The van der Waals surface area contributed by atoms with E-state index in [0.717, 1.165) is 42.5 Å². The molecule has 6 rings (SSSR count). The van der Waals surface area contributed by atoms with E-state index in [-0.39, 0.29) is 5.92 Å². The van der Waals surface area contributed by atoms with Crippen LogP contribution in [0.5, 0.6) is 0 Å². The molecule has 0 saturated heterocycles. The number of aromatic nitrogens is 12.